The number of nitrogens with one attached hydrogen (secondary N) is 1. The number of aromatic nitrogens is 2. The van der Waals surface area contributed by atoms with Crippen LogP contribution in [-0.2, 0) is 4.74 Å². The molecule has 1 unspecified atom stereocenters. The molecule has 0 spiro atoms. The van der Waals surface area contributed by atoms with Gasteiger partial charge in [-0.15, -0.1) is 0 Å². The number of rotatable bonds is 3. The van der Waals surface area contributed by atoms with Crippen LogP contribution in [-0.4, -0.2) is 33.9 Å². The quantitative estimate of drug-likeness (QED) is 0.940. The topological polar surface area (TPSA) is 56.2 Å². The number of carbonyl (C=O) groups is 1. The van der Waals surface area contributed by atoms with E-state index < -0.39 is 0 Å². The Bertz CT molecular complexity index is 754. The van der Waals surface area contributed by atoms with Crippen molar-refractivity contribution in [1.82, 2.24) is 15.1 Å². The average molecular weight is 331 g/mol. The zero-order valence-electron chi connectivity index (χ0n) is 14.2. The lowest BCUT2D eigenvalue weighted by molar-refractivity contribution is -0.0615. The molecular weight excluding hydrogens is 309 g/mol. The summed E-state index contributed by atoms with van der Waals surface area (Å²) in [6, 6.07) is 6.21. The number of aryl methyl sites for hydroxylation is 1. The van der Waals surface area contributed by atoms with Crippen LogP contribution in [0.15, 0.2) is 30.5 Å². The lowest BCUT2D eigenvalue weighted by Gasteiger charge is -2.35. The molecule has 6 heteroatoms. The van der Waals surface area contributed by atoms with E-state index in [1.165, 1.54) is 16.8 Å². The average Bonchev–Trinajstić information content (AvgIpc) is 2.88. The van der Waals surface area contributed by atoms with Crippen LogP contribution < -0.4 is 5.32 Å². The smallest absolute Gasteiger partial charge is 0.254 e. The van der Waals surface area contributed by atoms with Crippen molar-refractivity contribution >= 4 is 5.91 Å². The first-order valence-electron chi connectivity index (χ1n) is 8.11. The molecule has 2 heterocycles. The Morgan fingerprint density at radius 2 is 2.25 bits per heavy atom. The lowest BCUT2D eigenvalue weighted by Crippen LogP contribution is -2.45. The number of amides is 1. The van der Waals surface area contributed by atoms with Crippen LogP contribution in [0.5, 0.6) is 0 Å². The van der Waals surface area contributed by atoms with Crippen molar-refractivity contribution in [2.75, 3.05) is 6.61 Å². The molecule has 3 rings (SSSR count). The molecule has 1 fully saturated rings. The van der Waals surface area contributed by atoms with E-state index in [-0.39, 0.29) is 23.4 Å². The highest BCUT2D eigenvalue weighted by molar-refractivity contribution is 5.95. The van der Waals surface area contributed by atoms with Crippen LogP contribution in [0, 0.1) is 12.7 Å². The van der Waals surface area contributed by atoms with Crippen LogP contribution in [0.25, 0.3) is 5.69 Å². The molecule has 1 atom stereocenters. The molecule has 0 aliphatic carbocycles. The molecule has 24 heavy (non-hydrogen) atoms. The summed E-state index contributed by atoms with van der Waals surface area (Å²) in [7, 11) is 0. The van der Waals surface area contributed by atoms with Crippen molar-refractivity contribution in [2.24, 2.45) is 0 Å². The SMILES string of the molecule is Cc1nn(-c2cccc(F)c2)cc1C(=O)NC1CCOC(C)(C)C1. The molecule has 0 bridgehead atoms. The third-order valence-electron chi connectivity index (χ3n) is 4.25. The van der Waals surface area contributed by atoms with Crippen molar-refractivity contribution in [3.8, 4) is 5.69 Å². The number of nitrogens with zero attached hydrogens (tertiary/aromatic N) is 2. The molecule has 1 saturated heterocycles. The number of benzene rings is 1. The molecule has 1 aromatic heterocycles. The summed E-state index contributed by atoms with van der Waals surface area (Å²) in [4.78, 5) is 12.6. The van der Waals surface area contributed by atoms with Gasteiger partial charge in [0.15, 0.2) is 0 Å². The van der Waals surface area contributed by atoms with Crippen LogP contribution in [0.3, 0.4) is 0 Å². The fraction of sp³-hybridized carbons (Fsp3) is 0.444. The highest BCUT2D eigenvalue weighted by Gasteiger charge is 2.30. The summed E-state index contributed by atoms with van der Waals surface area (Å²) in [6.45, 7) is 6.47. The molecule has 1 aliphatic heterocycles. The Morgan fingerprint density at radius 1 is 1.46 bits per heavy atom. The van der Waals surface area contributed by atoms with Crippen molar-refractivity contribution in [1.29, 1.82) is 0 Å². The number of ether oxygens (including phenoxy) is 1. The van der Waals surface area contributed by atoms with Crippen LogP contribution in [0.4, 0.5) is 4.39 Å². The fourth-order valence-electron chi connectivity index (χ4n) is 3.05. The molecule has 1 amide bonds. The Morgan fingerprint density at radius 3 is 2.96 bits per heavy atom. The van der Waals surface area contributed by atoms with E-state index in [4.69, 9.17) is 4.74 Å². The highest BCUT2D eigenvalue weighted by Crippen LogP contribution is 2.24. The Kier molecular flexibility index (Phi) is 4.41. The summed E-state index contributed by atoms with van der Waals surface area (Å²) in [5.74, 6) is -0.492. The van der Waals surface area contributed by atoms with E-state index in [9.17, 15) is 9.18 Å². The van der Waals surface area contributed by atoms with Gasteiger partial charge in [-0.05, 0) is 51.8 Å². The Hall–Kier alpha value is -2.21. The van der Waals surface area contributed by atoms with Gasteiger partial charge in [-0.1, -0.05) is 6.07 Å². The van der Waals surface area contributed by atoms with Gasteiger partial charge < -0.3 is 10.1 Å². The summed E-state index contributed by atoms with van der Waals surface area (Å²) in [5, 5.41) is 7.39. The predicted molar refractivity (Wildman–Crippen MR) is 88.8 cm³/mol. The second-order valence-electron chi connectivity index (χ2n) is 6.82. The summed E-state index contributed by atoms with van der Waals surface area (Å²) >= 11 is 0. The fourth-order valence-corrected chi connectivity index (χ4v) is 3.05. The summed E-state index contributed by atoms with van der Waals surface area (Å²) in [6.07, 6.45) is 3.21. The van der Waals surface area contributed by atoms with Gasteiger partial charge in [-0.3, -0.25) is 4.79 Å². The molecule has 128 valence electrons. The highest BCUT2D eigenvalue weighted by atomic mass is 19.1. The lowest BCUT2D eigenvalue weighted by atomic mass is 9.94. The minimum atomic E-state index is -0.337. The molecular formula is C18H22FN3O2. The van der Waals surface area contributed by atoms with Gasteiger partial charge in [0.1, 0.15) is 5.82 Å². The van der Waals surface area contributed by atoms with Gasteiger partial charge >= 0.3 is 0 Å². The maximum atomic E-state index is 13.4. The van der Waals surface area contributed by atoms with Gasteiger partial charge in [0.2, 0.25) is 0 Å². The Balaban J connectivity index is 1.76. The first-order valence-corrected chi connectivity index (χ1v) is 8.11. The molecule has 1 aromatic carbocycles. The minimum Gasteiger partial charge on any atom is -0.375 e. The number of halogens is 1. The maximum Gasteiger partial charge on any atom is 0.254 e. The molecule has 2 aromatic rings. The number of hydrogen-bond acceptors (Lipinski definition) is 3. The van der Waals surface area contributed by atoms with Crippen molar-refractivity contribution in [3.63, 3.8) is 0 Å². The van der Waals surface area contributed by atoms with E-state index in [0.29, 0.717) is 23.6 Å². The Labute approximate surface area is 140 Å². The molecule has 0 saturated carbocycles. The standard InChI is InChI=1S/C18H22FN3O2/c1-12-16(11-22(21-12)15-6-4-5-13(19)9-15)17(23)20-14-7-8-24-18(2,3)10-14/h4-6,9,11,14H,7-8,10H2,1-3H3,(H,20,23). The summed E-state index contributed by atoms with van der Waals surface area (Å²) in [5.41, 5.74) is 1.48. The van der Waals surface area contributed by atoms with Gasteiger partial charge in [0.25, 0.3) is 5.91 Å². The molecule has 1 aliphatic rings. The van der Waals surface area contributed by atoms with E-state index in [1.54, 1.807) is 25.3 Å². The molecule has 0 radical (unpaired) electrons. The second kappa shape index (κ2) is 6.36. The first kappa shape index (κ1) is 16.6. The number of carbonyl (C=O) groups excluding carboxylic acids is 1. The van der Waals surface area contributed by atoms with Crippen LogP contribution in [0.1, 0.15) is 42.7 Å². The van der Waals surface area contributed by atoms with E-state index in [1.807, 2.05) is 13.8 Å². The monoisotopic (exact) mass is 331 g/mol. The second-order valence-corrected chi connectivity index (χ2v) is 6.82. The predicted octanol–water partition coefficient (Wildman–Crippen LogP) is 3.01. The number of hydrogen-bond donors (Lipinski definition) is 1. The minimum absolute atomic E-state index is 0.0816. The third-order valence-corrected chi connectivity index (χ3v) is 4.25. The van der Waals surface area contributed by atoms with Crippen molar-refractivity contribution < 1.29 is 13.9 Å². The van der Waals surface area contributed by atoms with Crippen LogP contribution in [0.2, 0.25) is 0 Å². The van der Waals surface area contributed by atoms with Gasteiger partial charge in [0.05, 0.1) is 22.5 Å². The summed E-state index contributed by atoms with van der Waals surface area (Å²) < 4.78 is 20.6. The van der Waals surface area contributed by atoms with Gasteiger partial charge in [0, 0.05) is 18.8 Å². The maximum absolute atomic E-state index is 13.4. The van der Waals surface area contributed by atoms with Gasteiger partial charge in [-0.2, -0.15) is 5.10 Å². The first-order chi connectivity index (χ1) is 11.3. The largest absolute Gasteiger partial charge is 0.375 e. The zero-order chi connectivity index (χ0) is 17.3. The van der Waals surface area contributed by atoms with Gasteiger partial charge in [-0.25, -0.2) is 9.07 Å². The molecule has 1 N–H and O–H groups in total. The molecule has 5 nitrogen and oxygen atoms in total. The normalized spacial score (nSPS) is 19.9. The van der Waals surface area contributed by atoms with E-state index in [2.05, 4.69) is 10.4 Å². The van der Waals surface area contributed by atoms with Crippen molar-refractivity contribution in [2.45, 2.75) is 45.3 Å². The van der Waals surface area contributed by atoms with Crippen molar-refractivity contribution in [3.05, 3.63) is 47.5 Å². The zero-order valence-corrected chi connectivity index (χ0v) is 14.2. The van der Waals surface area contributed by atoms with E-state index in [0.717, 1.165) is 12.8 Å². The van der Waals surface area contributed by atoms with Crippen LogP contribution >= 0.6 is 0 Å². The third kappa shape index (κ3) is 3.64. The van der Waals surface area contributed by atoms with E-state index >= 15 is 0 Å².